The summed E-state index contributed by atoms with van der Waals surface area (Å²) >= 11 is 0. The van der Waals surface area contributed by atoms with Gasteiger partial charge in [-0.05, 0) is 18.8 Å². The van der Waals surface area contributed by atoms with Crippen LogP contribution in [0.15, 0.2) is 24.3 Å². The second-order valence-corrected chi connectivity index (χ2v) is 6.80. The van der Waals surface area contributed by atoms with E-state index in [-0.39, 0.29) is 18.0 Å². The maximum Gasteiger partial charge on any atom is 0.273 e. The highest BCUT2D eigenvalue weighted by atomic mass is 16.6. The van der Waals surface area contributed by atoms with Gasteiger partial charge in [-0.3, -0.25) is 19.8 Å². The Hall–Kier alpha value is -1.99. The summed E-state index contributed by atoms with van der Waals surface area (Å²) in [5.41, 5.74) is 0.519. The lowest BCUT2D eigenvalue weighted by Crippen LogP contribution is -2.44. The van der Waals surface area contributed by atoms with Crippen LogP contribution in [0.3, 0.4) is 0 Å². The lowest BCUT2D eigenvalue weighted by Gasteiger charge is -2.36. The Kier molecular flexibility index (Phi) is 5.99. The Morgan fingerprint density at radius 1 is 1.16 bits per heavy atom. The number of carbonyl (C=O) groups is 1. The molecule has 7 nitrogen and oxygen atoms in total. The fraction of sp³-hybridized carbons (Fsp3) is 0.611. The summed E-state index contributed by atoms with van der Waals surface area (Å²) in [5.74, 6) is 0.604. The zero-order chi connectivity index (χ0) is 17.6. The number of carbonyl (C=O) groups excluding carboxylic acids is 1. The molecule has 1 aromatic rings. The normalized spacial score (nSPS) is 19.8. The Labute approximate surface area is 147 Å². The molecule has 0 atom stereocenters. The van der Waals surface area contributed by atoms with Gasteiger partial charge >= 0.3 is 0 Å². The smallest absolute Gasteiger partial charge is 0.273 e. The van der Waals surface area contributed by atoms with Crippen molar-refractivity contribution >= 4 is 11.6 Å². The average molecular weight is 347 g/mol. The predicted molar refractivity (Wildman–Crippen MR) is 93.4 cm³/mol. The SMILES string of the molecule is O=C(Cc1ccccc1[N+](=O)[O-])N1CCC(CN2CCOCC2)CC1. The lowest BCUT2D eigenvalue weighted by atomic mass is 9.95. The van der Waals surface area contributed by atoms with Gasteiger partial charge in [0.2, 0.25) is 5.91 Å². The molecule has 0 saturated carbocycles. The lowest BCUT2D eigenvalue weighted by molar-refractivity contribution is -0.385. The number of benzene rings is 1. The van der Waals surface area contributed by atoms with Gasteiger partial charge in [0.05, 0.1) is 24.6 Å². The number of nitrogens with zero attached hydrogens (tertiary/aromatic N) is 3. The average Bonchev–Trinajstić information content (AvgIpc) is 2.63. The molecule has 3 rings (SSSR count). The first-order valence-corrected chi connectivity index (χ1v) is 8.93. The molecule has 2 aliphatic heterocycles. The van der Waals surface area contributed by atoms with Crippen molar-refractivity contribution in [3.8, 4) is 0 Å². The monoisotopic (exact) mass is 347 g/mol. The van der Waals surface area contributed by atoms with Crippen molar-refractivity contribution in [1.29, 1.82) is 0 Å². The van der Waals surface area contributed by atoms with Crippen molar-refractivity contribution < 1.29 is 14.5 Å². The van der Waals surface area contributed by atoms with Crippen LogP contribution in [-0.4, -0.2) is 66.6 Å². The van der Waals surface area contributed by atoms with Gasteiger partial charge in [-0.15, -0.1) is 0 Å². The Morgan fingerprint density at radius 3 is 2.52 bits per heavy atom. The molecular weight excluding hydrogens is 322 g/mol. The van der Waals surface area contributed by atoms with Crippen LogP contribution in [0.4, 0.5) is 5.69 Å². The third kappa shape index (κ3) is 4.76. The minimum atomic E-state index is -0.419. The highest BCUT2D eigenvalue weighted by Gasteiger charge is 2.26. The number of hydrogen-bond acceptors (Lipinski definition) is 5. The van der Waals surface area contributed by atoms with Gasteiger partial charge in [-0.25, -0.2) is 0 Å². The topological polar surface area (TPSA) is 75.9 Å². The number of amides is 1. The number of piperidine rings is 1. The molecule has 0 unspecified atom stereocenters. The van der Waals surface area contributed by atoms with Gasteiger partial charge in [0.25, 0.3) is 5.69 Å². The largest absolute Gasteiger partial charge is 0.379 e. The Bertz CT molecular complexity index is 608. The zero-order valence-electron chi connectivity index (χ0n) is 14.4. The second-order valence-electron chi connectivity index (χ2n) is 6.80. The zero-order valence-corrected chi connectivity index (χ0v) is 14.4. The van der Waals surface area contributed by atoms with E-state index in [9.17, 15) is 14.9 Å². The van der Waals surface area contributed by atoms with Gasteiger partial charge in [-0.2, -0.15) is 0 Å². The summed E-state index contributed by atoms with van der Waals surface area (Å²) < 4.78 is 5.38. The summed E-state index contributed by atoms with van der Waals surface area (Å²) in [7, 11) is 0. The minimum absolute atomic E-state index is 0.0147. The Morgan fingerprint density at radius 2 is 1.84 bits per heavy atom. The molecule has 1 aromatic carbocycles. The molecule has 1 amide bonds. The maximum atomic E-state index is 12.5. The molecule has 0 radical (unpaired) electrons. The quantitative estimate of drug-likeness (QED) is 0.599. The van der Waals surface area contributed by atoms with E-state index in [1.54, 1.807) is 18.2 Å². The first-order chi connectivity index (χ1) is 12.1. The van der Waals surface area contributed by atoms with E-state index in [1.165, 1.54) is 6.07 Å². The van der Waals surface area contributed by atoms with Gasteiger partial charge in [0.1, 0.15) is 0 Å². The number of rotatable bonds is 5. The fourth-order valence-electron chi connectivity index (χ4n) is 3.63. The first-order valence-electron chi connectivity index (χ1n) is 8.93. The highest BCUT2D eigenvalue weighted by Crippen LogP contribution is 2.22. The minimum Gasteiger partial charge on any atom is -0.379 e. The van der Waals surface area contributed by atoms with Crippen molar-refractivity contribution in [1.82, 2.24) is 9.80 Å². The van der Waals surface area contributed by atoms with Gasteiger partial charge in [0, 0.05) is 44.4 Å². The number of nitro benzene ring substituents is 1. The summed E-state index contributed by atoms with van der Waals surface area (Å²) in [4.78, 5) is 27.5. The molecule has 0 spiro atoms. The number of para-hydroxylation sites is 1. The summed E-state index contributed by atoms with van der Waals surface area (Å²) in [6, 6.07) is 6.49. The van der Waals surface area contributed by atoms with E-state index < -0.39 is 4.92 Å². The van der Waals surface area contributed by atoms with E-state index in [0.717, 1.165) is 58.8 Å². The van der Waals surface area contributed by atoms with Crippen LogP contribution in [0.25, 0.3) is 0 Å². The van der Waals surface area contributed by atoms with Crippen molar-refractivity contribution in [2.75, 3.05) is 45.9 Å². The highest BCUT2D eigenvalue weighted by molar-refractivity contribution is 5.80. The fourth-order valence-corrected chi connectivity index (χ4v) is 3.63. The van der Waals surface area contributed by atoms with E-state index in [4.69, 9.17) is 4.74 Å². The Balaban J connectivity index is 1.49. The number of morpholine rings is 1. The standard InChI is InChI=1S/C18H25N3O4/c22-18(13-16-3-1-2-4-17(16)21(23)24)20-7-5-15(6-8-20)14-19-9-11-25-12-10-19/h1-4,15H,5-14H2. The van der Waals surface area contributed by atoms with Crippen LogP contribution in [0.1, 0.15) is 18.4 Å². The van der Waals surface area contributed by atoms with Crippen LogP contribution in [0.2, 0.25) is 0 Å². The number of ether oxygens (including phenoxy) is 1. The maximum absolute atomic E-state index is 12.5. The summed E-state index contributed by atoms with van der Waals surface area (Å²) in [6.07, 6.45) is 2.10. The number of hydrogen-bond donors (Lipinski definition) is 0. The van der Waals surface area contributed by atoms with E-state index in [2.05, 4.69) is 4.90 Å². The van der Waals surface area contributed by atoms with Crippen molar-refractivity contribution in [2.45, 2.75) is 19.3 Å². The van der Waals surface area contributed by atoms with Gasteiger partial charge in [-0.1, -0.05) is 18.2 Å². The van der Waals surface area contributed by atoms with Crippen molar-refractivity contribution in [2.24, 2.45) is 5.92 Å². The van der Waals surface area contributed by atoms with Crippen LogP contribution in [0, 0.1) is 16.0 Å². The van der Waals surface area contributed by atoms with E-state index in [0.29, 0.717) is 11.5 Å². The molecule has 0 aliphatic carbocycles. The molecule has 0 bridgehead atoms. The van der Waals surface area contributed by atoms with Crippen molar-refractivity contribution in [3.63, 3.8) is 0 Å². The first kappa shape index (κ1) is 17.8. The van der Waals surface area contributed by atoms with Crippen molar-refractivity contribution in [3.05, 3.63) is 39.9 Å². The molecule has 25 heavy (non-hydrogen) atoms. The molecule has 2 aliphatic rings. The number of nitro groups is 1. The summed E-state index contributed by atoms with van der Waals surface area (Å²) in [6.45, 7) is 6.19. The predicted octanol–water partition coefficient (Wildman–Crippen LogP) is 1.71. The third-order valence-electron chi connectivity index (χ3n) is 5.12. The third-order valence-corrected chi connectivity index (χ3v) is 5.12. The van der Waals surface area contributed by atoms with E-state index in [1.807, 2.05) is 4.90 Å². The van der Waals surface area contributed by atoms with Gasteiger partial charge < -0.3 is 9.64 Å². The molecule has 2 saturated heterocycles. The van der Waals surface area contributed by atoms with Crippen LogP contribution in [0.5, 0.6) is 0 Å². The summed E-state index contributed by atoms with van der Waals surface area (Å²) in [5, 5.41) is 11.1. The molecule has 0 N–H and O–H groups in total. The molecule has 136 valence electrons. The molecule has 0 aromatic heterocycles. The van der Waals surface area contributed by atoms with E-state index >= 15 is 0 Å². The molecule has 2 fully saturated rings. The van der Waals surface area contributed by atoms with Gasteiger partial charge in [0.15, 0.2) is 0 Å². The van der Waals surface area contributed by atoms with Crippen LogP contribution in [-0.2, 0) is 16.0 Å². The second kappa shape index (κ2) is 8.40. The van der Waals surface area contributed by atoms with Crippen LogP contribution >= 0.6 is 0 Å². The molecule has 2 heterocycles. The molecule has 7 heteroatoms. The molecular formula is C18H25N3O4. The number of likely N-dealkylation sites (tertiary alicyclic amines) is 1. The van der Waals surface area contributed by atoms with Crippen LogP contribution < -0.4 is 0 Å².